The molecule has 0 spiro atoms. The third-order valence-corrected chi connectivity index (χ3v) is 8.20. The Balaban J connectivity index is 1.74. The molecule has 27 heavy (non-hydrogen) atoms. The smallest absolute Gasteiger partial charge is 0.244 e. The highest BCUT2D eigenvalue weighted by Gasteiger charge is 2.35. The van der Waals surface area contributed by atoms with Crippen molar-refractivity contribution in [2.45, 2.75) is 42.7 Å². The molecule has 1 aromatic heterocycles. The molecule has 0 bridgehead atoms. The predicted octanol–water partition coefficient (Wildman–Crippen LogP) is 1.70. The maximum absolute atomic E-state index is 13.0. The monoisotopic (exact) mass is 414 g/mol. The Labute approximate surface area is 166 Å². The number of pyridine rings is 1. The first-order valence-corrected chi connectivity index (χ1v) is 12.0. The molecule has 2 aliphatic rings. The number of aromatic nitrogens is 1. The Hall–Kier alpha value is -0.870. The van der Waals surface area contributed by atoms with Crippen molar-refractivity contribution in [3.8, 4) is 0 Å². The molecule has 2 atom stereocenters. The zero-order valence-corrected chi connectivity index (χ0v) is 18.0. The van der Waals surface area contributed by atoms with Crippen LogP contribution in [0.25, 0.3) is 0 Å². The second-order valence-electron chi connectivity index (χ2n) is 7.53. The molecule has 2 saturated heterocycles. The van der Waals surface area contributed by atoms with E-state index in [1.54, 1.807) is 19.4 Å². The average Bonchev–Trinajstić information content (AvgIpc) is 3.28. The summed E-state index contributed by atoms with van der Waals surface area (Å²) in [5, 5.41) is 3.24. The fraction of sp³-hybridized carbons (Fsp3) is 0.722. The zero-order valence-electron chi connectivity index (χ0n) is 16.3. The van der Waals surface area contributed by atoms with Crippen LogP contribution in [0.5, 0.6) is 0 Å². The van der Waals surface area contributed by atoms with Gasteiger partial charge in [-0.3, -0.25) is 0 Å². The van der Waals surface area contributed by atoms with Crippen LogP contribution in [-0.2, 0) is 14.8 Å². The highest BCUT2D eigenvalue weighted by atomic mass is 32.2. The van der Waals surface area contributed by atoms with Crippen molar-refractivity contribution < 1.29 is 13.2 Å². The van der Waals surface area contributed by atoms with Gasteiger partial charge in [-0.05, 0) is 57.2 Å². The van der Waals surface area contributed by atoms with E-state index in [4.69, 9.17) is 4.74 Å². The first-order valence-electron chi connectivity index (χ1n) is 9.39. The lowest BCUT2D eigenvalue weighted by Crippen LogP contribution is -2.40. The van der Waals surface area contributed by atoms with E-state index in [0.29, 0.717) is 18.9 Å². The van der Waals surface area contributed by atoms with E-state index in [-0.39, 0.29) is 16.5 Å². The van der Waals surface area contributed by atoms with Crippen molar-refractivity contribution in [1.29, 1.82) is 0 Å². The Morgan fingerprint density at radius 1 is 1.48 bits per heavy atom. The lowest BCUT2D eigenvalue weighted by molar-refractivity contribution is 0.0244. The first-order chi connectivity index (χ1) is 12.9. The molecule has 0 aliphatic carbocycles. The number of nitrogens with one attached hydrogen (secondary N) is 2. The molecule has 1 unspecified atom stereocenters. The van der Waals surface area contributed by atoms with Crippen LogP contribution in [0.1, 0.15) is 24.8 Å². The Kier molecular flexibility index (Phi) is 6.68. The van der Waals surface area contributed by atoms with Crippen molar-refractivity contribution in [3.63, 3.8) is 0 Å². The van der Waals surface area contributed by atoms with Gasteiger partial charge in [0.1, 0.15) is 10.7 Å². The number of sulfonamides is 1. The SMILES string of the molecule is COC1(CNc2ncc(C)cc2S(=O)(=O)NC[C@H]2CCCN2C)CCSC1. The van der Waals surface area contributed by atoms with Gasteiger partial charge in [0.05, 0.1) is 5.60 Å². The molecule has 0 amide bonds. The molecule has 2 aliphatic heterocycles. The maximum Gasteiger partial charge on any atom is 0.244 e. The van der Waals surface area contributed by atoms with Gasteiger partial charge < -0.3 is 15.0 Å². The summed E-state index contributed by atoms with van der Waals surface area (Å²) in [7, 11) is 0.110. The normalized spacial score (nSPS) is 26.6. The van der Waals surface area contributed by atoms with E-state index in [2.05, 4.69) is 19.9 Å². The van der Waals surface area contributed by atoms with Crippen LogP contribution < -0.4 is 10.0 Å². The molecule has 152 valence electrons. The van der Waals surface area contributed by atoms with E-state index < -0.39 is 10.0 Å². The fourth-order valence-electron chi connectivity index (χ4n) is 3.61. The van der Waals surface area contributed by atoms with Crippen LogP contribution in [-0.4, -0.2) is 75.2 Å². The molecule has 0 aromatic carbocycles. The van der Waals surface area contributed by atoms with Gasteiger partial charge in [-0.2, -0.15) is 11.8 Å². The fourth-order valence-corrected chi connectivity index (χ4v) is 6.29. The van der Waals surface area contributed by atoms with Crippen molar-refractivity contribution in [2.75, 3.05) is 50.6 Å². The molecule has 2 N–H and O–H groups in total. The molecule has 0 saturated carbocycles. The van der Waals surface area contributed by atoms with Crippen LogP contribution in [0.3, 0.4) is 0 Å². The summed E-state index contributed by atoms with van der Waals surface area (Å²) in [6.45, 7) is 3.83. The summed E-state index contributed by atoms with van der Waals surface area (Å²) in [5.41, 5.74) is 0.551. The van der Waals surface area contributed by atoms with E-state index in [1.165, 1.54) is 0 Å². The minimum absolute atomic E-state index is 0.208. The van der Waals surface area contributed by atoms with Gasteiger partial charge in [-0.1, -0.05) is 0 Å². The van der Waals surface area contributed by atoms with E-state index in [1.807, 2.05) is 25.7 Å². The number of thioether (sulfide) groups is 1. The number of hydrogen-bond acceptors (Lipinski definition) is 7. The number of methoxy groups -OCH3 is 1. The molecule has 0 radical (unpaired) electrons. The number of hydrogen-bond donors (Lipinski definition) is 2. The molecule has 9 heteroatoms. The van der Waals surface area contributed by atoms with E-state index >= 15 is 0 Å². The minimum atomic E-state index is -3.64. The number of aryl methyl sites for hydroxylation is 1. The lowest BCUT2D eigenvalue weighted by Gasteiger charge is -2.27. The second kappa shape index (κ2) is 8.65. The predicted molar refractivity (Wildman–Crippen MR) is 110 cm³/mol. The van der Waals surface area contributed by atoms with Gasteiger partial charge in [0.15, 0.2) is 0 Å². The molecular weight excluding hydrogens is 384 g/mol. The quantitative estimate of drug-likeness (QED) is 0.670. The van der Waals surface area contributed by atoms with Gasteiger partial charge in [0.25, 0.3) is 0 Å². The van der Waals surface area contributed by atoms with Crippen molar-refractivity contribution in [3.05, 3.63) is 17.8 Å². The Bertz CT molecular complexity index is 751. The number of likely N-dealkylation sites (tertiary alicyclic amines) is 1. The number of anilines is 1. The van der Waals surface area contributed by atoms with Crippen LogP contribution in [0, 0.1) is 6.92 Å². The van der Waals surface area contributed by atoms with Gasteiger partial charge in [0, 0.05) is 38.2 Å². The van der Waals surface area contributed by atoms with E-state index in [9.17, 15) is 8.42 Å². The van der Waals surface area contributed by atoms with Gasteiger partial charge in [-0.15, -0.1) is 0 Å². The highest BCUT2D eigenvalue weighted by molar-refractivity contribution is 7.99. The second-order valence-corrected chi connectivity index (χ2v) is 10.4. The first kappa shape index (κ1) is 20.9. The van der Waals surface area contributed by atoms with Gasteiger partial charge in [0.2, 0.25) is 10.0 Å². The van der Waals surface area contributed by atoms with Crippen LogP contribution in [0.2, 0.25) is 0 Å². The number of rotatable bonds is 8. The van der Waals surface area contributed by atoms with Gasteiger partial charge >= 0.3 is 0 Å². The molecular formula is C18H30N4O3S2. The largest absolute Gasteiger partial charge is 0.376 e. The van der Waals surface area contributed by atoms with Crippen LogP contribution in [0.15, 0.2) is 17.2 Å². The Morgan fingerprint density at radius 3 is 2.93 bits per heavy atom. The van der Waals surface area contributed by atoms with Crippen LogP contribution in [0.4, 0.5) is 5.82 Å². The summed E-state index contributed by atoms with van der Waals surface area (Å²) in [6.07, 6.45) is 4.76. The van der Waals surface area contributed by atoms with Gasteiger partial charge in [-0.25, -0.2) is 18.1 Å². The van der Waals surface area contributed by atoms with Crippen molar-refractivity contribution in [1.82, 2.24) is 14.6 Å². The number of ether oxygens (including phenoxy) is 1. The third-order valence-electron chi connectivity index (χ3n) is 5.54. The topological polar surface area (TPSA) is 83.6 Å². The number of nitrogens with zero attached hydrogens (tertiary/aromatic N) is 2. The van der Waals surface area contributed by atoms with E-state index in [0.717, 1.165) is 42.9 Å². The summed E-state index contributed by atoms with van der Waals surface area (Å²) < 4.78 is 34.4. The molecule has 3 rings (SSSR count). The molecule has 3 heterocycles. The third kappa shape index (κ3) is 4.95. The standard InChI is InChI=1S/C18H30N4O3S2/c1-14-9-16(27(23,24)21-11-15-5-4-7-22(15)2)17(19-10-14)20-12-18(25-3)6-8-26-13-18/h9-10,15,21H,4-8,11-13H2,1-3H3,(H,19,20)/t15-,18?/m1/s1. The minimum Gasteiger partial charge on any atom is -0.376 e. The molecule has 2 fully saturated rings. The molecule has 7 nitrogen and oxygen atoms in total. The summed E-state index contributed by atoms with van der Waals surface area (Å²) in [4.78, 5) is 6.78. The zero-order chi connectivity index (χ0) is 19.5. The Morgan fingerprint density at radius 2 is 2.30 bits per heavy atom. The lowest BCUT2D eigenvalue weighted by atomic mass is 10.0. The summed E-state index contributed by atoms with van der Waals surface area (Å²) >= 11 is 1.85. The molecule has 1 aromatic rings. The van der Waals surface area contributed by atoms with Crippen molar-refractivity contribution in [2.24, 2.45) is 0 Å². The average molecular weight is 415 g/mol. The number of likely N-dealkylation sites (N-methyl/N-ethyl adjacent to an activating group) is 1. The van der Waals surface area contributed by atoms with Crippen LogP contribution >= 0.6 is 11.8 Å². The highest BCUT2D eigenvalue weighted by Crippen LogP contribution is 2.31. The maximum atomic E-state index is 13.0. The van der Waals surface area contributed by atoms with Crippen molar-refractivity contribution >= 4 is 27.6 Å². The summed E-state index contributed by atoms with van der Waals surface area (Å²) in [6, 6.07) is 1.93. The summed E-state index contributed by atoms with van der Waals surface area (Å²) in [5.74, 6) is 2.34.